The van der Waals surface area contributed by atoms with E-state index >= 15 is 0 Å². The Morgan fingerprint density at radius 3 is 2.00 bits per heavy atom. The van der Waals surface area contributed by atoms with E-state index in [1.807, 2.05) is 6.92 Å². The van der Waals surface area contributed by atoms with Gasteiger partial charge in [0.15, 0.2) is 0 Å². The fourth-order valence-corrected chi connectivity index (χ4v) is 1.89. The summed E-state index contributed by atoms with van der Waals surface area (Å²) in [7, 11) is 0. The molecule has 1 N–H and O–H groups in total. The standard InChI is InChI=1S/C7H10.C5H10O2/c1-2-7-4-3-6(1)5-7;1-3-4(2)5(6)7/h1-2,6-7H,3-5H2;4H,3H2,1-2H3,(H,6,7). The summed E-state index contributed by atoms with van der Waals surface area (Å²) in [5.74, 6) is 1.09. The highest BCUT2D eigenvalue weighted by Gasteiger charge is 2.25. The first-order chi connectivity index (χ1) is 6.63. The molecule has 0 aromatic rings. The van der Waals surface area contributed by atoms with Crippen molar-refractivity contribution in [3.05, 3.63) is 12.2 Å². The summed E-state index contributed by atoms with van der Waals surface area (Å²) >= 11 is 0. The maximum atomic E-state index is 9.93. The van der Waals surface area contributed by atoms with Gasteiger partial charge in [0, 0.05) is 0 Å². The highest BCUT2D eigenvalue weighted by Crippen LogP contribution is 2.38. The van der Waals surface area contributed by atoms with Gasteiger partial charge in [0.2, 0.25) is 0 Å². The summed E-state index contributed by atoms with van der Waals surface area (Å²) in [5.41, 5.74) is 0. The second kappa shape index (κ2) is 5.18. The number of carbonyl (C=O) groups is 1. The summed E-state index contributed by atoms with van der Waals surface area (Å²) in [6.45, 7) is 3.56. The van der Waals surface area contributed by atoms with Gasteiger partial charge in [-0.3, -0.25) is 4.79 Å². The van der Waals surface area contributed by atoms with E-state index in [1.165, 1.54) is 19.3 Å². The molecule has 0 heterocycles. The van der Waals surface area contributed by atoms with Crippen LogP contribution < -0.4 is 0 Å². The molecular formula is C12H20O2. The fourth-order valence-electron chi connectivity index (χ4n) is 1.89. The van der Waals surface area contributed by atoms with Crippen LogP contribution in [0.1, 0.15) is 39.5 Å². The smallest absolute Gasteiger partial charge is 0.306 e. The van der Waals surface area contributed by atoms with E-state index in [-0.39, 0.29) is 5.92 Å². The number of allylic oxidation sites excluding steroid dienone is 2. The lowest BCUT2D eigenvalue weighted by Crippen LogP contribution is -2.06. The molecule has 2 aliphatic rings. The molecule has 2 nitrogen and oxygen atoms in total. The number of fused-ring (bicyclic) bond motifs is 2. The lowest BCUT2D eigenvalue weighted by atomic mass is 10.1. The van der Waals surface area contributed by atoms with E-state index in [4.69, 9.17) is 5.11 Å². The molecule has 3 atom stereocenters. The lowest BCUT2D eigenvalue weighted by Gasteiger charge is -1.96. The van der Waals surface area contributed by atoms with Crippen molar-refractivity contribution in [3.8, 4) is 0 Å². The quantitative estimate of drug-likeness (QED) is 0.689. The van der Waals surface area contributed by atoms with Gasteiger partial charge in [-0.15, -0.1) is 0 Å². The van der Waals surface area contributed by atoms with E-state index in [9.17, 15) is 4.79 Å². The van der Waals surface area contributed by atoms with Gasteiger partial charge in [0.1, 0.15) is 0 Å². The summed E-state index contributed by atoms with van der Waals surface area (Å²) in [6.07, 6.45) is 9.90. The molecule has 1 fully saturated rings. The number of hydrogen-bond acceptors (Lipinski definition) is 1. The van der Waals surface area contributed by atoms with Crippen LogP contribution in [-0.4, -0.2) is 11.1 Å². The van der Waals surface area contributed by atoms with E-state index < -0.39 is 5.97 Å². The molecule has 14 heavy (non-hydrogen) atoms. The van der Waals surface area contributed by atoms with Gasteiger partial charge in [-0.05, 0) is 37.5 Å². The van der Waals surface area contributed by atoms with Gasteiger partial charge in [-0.1, -0.05) is 26.0 Å². The molecule has 0 amide bonds. The van der Waals surface area contributed by atoms with Crippen molar-refractivity contribution >= 4 is 5.97 Å². The Bertz CT molecular complexity index is 208. The summed E-state index contributed by atoms with van der Waals surface area (Å²) in [6, 6.07) is 0. The first-order valence-electron chi connectivity index (χ1n) is 5.54. The number of carboxylic acids is 1. The van der Waals surface area contributed by atoms with Crippen LogP contribution in [0.15, 0.2) is 12.2 Å². The van der Waals surface area contributed by atoms with Gasteiger partial charge in [0.05, 0.1) is 5.92 Å². The fraction of sp³-hybridized carbons (Fsp3) is 0.750. The van der Waals surface area contributed by atoms with E-state index in [1.54, 1.807) is 6.92 Å². The number of carboxylic acid groups (broad SMARTS) is 1. The Balaban J connectivity index is 0.000000140. The van der Waals surface area contributed by atoms with Crippen molar-refractivity contribution in [2.45, 2.75) is 39.5 Å². The maximum absolute atomic E-state index is 9.93. The van der Waals surface area contributed by atoms with Gasteiger partial charge in [-0.2, -0.15) is 0 Å². The Morgan fingerprint density at radius 2 is 1.93 bits per heavy atom. The van der Waals surface area contributed by atoms with Crippen LogP contribution in [-0.2, 0) is 4.79 Å². The average molecular weight is 196 g/mol. The Kier molecular flexibility index (Phi) is 4.18. The van der Waals surface area contributed by atoms with E-state index in [2.05, 4.69) is 12.2 Å². The zero-order valence-electron chi connectivity index (χ0n) is 9.07. The number of aliphatic carboxylic acids is 1. The zero-order chi connectivity index (χ0) is 10.6. The van der Waals surface area contributed by atoms with Crippen molar-refractivity contribution in [1.29, 1.82) is 0 Å². The van der Waals surface area contributed by atoms with E-state index in [0.717, 1.165) is 18.3 Å². The third-order valence-corrected chi connectivity index (χ3v) is 3.20. The normalized spacial score (nSPS) is 29.6. The second-order valence-electron chi connectivity index (χ2n) is 4.37. The van der Waals surface area contributed by atoms with Gasteiger partial charge >= 0.3 is 5.97 Å². The second-order valence-corrected chi connectivity index (χ2v) is 4.37. The van der Waals surface area contributed by atoms with Crippen LogP contribution in [0.3, 0.4) is 0 Å². The number of hydrogen-bond donors (Lipinski definition) is 1. The summed E-state index contributed by atoms with van der Waals surface area (Å²) in [5, 5.41) is 8.18. The molecule has 2 aliphatic carbocycles. The Morgan fingerprint density at radius 1 is 1.43 bits per heavy atom. The summed E-state index contributed by atoms with van der Waals surface area (Å²) < 4.78 is 0. The minimum atomic E-state index is -0.706. The van der Waals surface area contributed by atoms with Gasteiger partial charge in [0.25, 0.3) is 0 Å². The van der Waals surface area contributed by atoms with Gasteiger partial charge < -0.3 is 5.11 Å². The first kappa shape index (κ1) is 11.3. The predicted molar refractivity (Wildman–Crippen MR) is 57.1 cm³/mol. The monoisotopic (exact) mass is 196 g/mol. The SMILES string of the molecule is C1=CC2CCC1C2.CCC(C)C(=O)O. The van der Waals surface area contributed by atoms with Crippen molar-refractivity contribution in [2.75, 3.05) is 0 Å². The minimum absolute atomic E-state index is 0.181. The predicted octanol–water partition coefficient (Wildman–Crippen LogP) is 3.09. The van der Waals surface area contributed by atoms with E-state index in [0.29, 0.717) is 0 Å². The zero-order valence-corrected chi connectivity index (χ0v) is 9.07. The van der Waals surface area contributed by atoms with Crippen LogP contribution in [0, 0.1) is 17.8 Å². The van der Waals surface area contributed by atoms with Crippen molar-refractivity contribution in [2.24, 2.45) is 17.8 Å². The van der Waals surface area contributed by atoms with Crippen LogP contribution in [0.4, 0.5) is 0 Å². The molecule has 3 unspecified atom stereocenters. The third-order valence-electron chi connectivity index (χ3n) is 3.20. The Labute approximate surface area is 86.0 Å². The molecule has 2 bridgehead atoms. The Hall–Kier alpha value is -0.790. The molecule has 2 rings (SSSR count). The van der Waals surface area contributed by atoms with Crippen molar-refractivity contribution in [1.82, 2.24) is 0 Å². The average Bonchev–Trinajstić information content (AvgIpc) is 2.80. The molecule has 0 aromatic carbocycles. The highest BCUT2D eigenvalue weighted by molar-refractivity contribution is 5.69. The minimum Gasteiger partial charge on any atom is -0.481 e. The summed E-state index contributed by atoms with van der Waals surface area (Å²) in [4.78, 5) is 9.93. The molecule has 0 aromatic heterocycles. The lowest BCUT2D eigenvalue weighted by molar-refractivity contribution is -0.141. The van der Waals surface area contributed by atoms with Crippen LogP contribution in [0.5, 0.6) is 0 Å². The van der Waals surface area contributed by atoms with Gasteiger partial charge in [-0.25, -0.2) is 0 Å². The molecule has 1 saturated carbocycles. The molecule has 2 heteroatoms. The maximum Gasteiger partial charge on any atom is 0.306 e. The van der Waals surface area contributed by atoms with Crippen molar-refractivity contribution in [3.63, 3.8) is 0 Å². The molecular weight excluding hydrogens is 176 g/mol. The topological polar surface area (TPSA) is 37.3 Å². The molecule has 0 spiro atoms. The van der Waals surface area contributed by atoms with Crippen LogP contribution in [0.25, 0.3) is 0 Å². The van der Waals surface area contributed by atoms with Crippen molar-refractivity contribution < 1.29 is 9.90 Å². The first-order valence-corrected chi connectivity index (χ1v) is 5.54. The highest BCUT2D eigenvalue weighted by atomic mass is 16.4. The molecule has 0 aliphatic heterocycles. The molecule has 0 saturated heterocycles. The molecule has 0 radical (unpaired) electrons. The largest absolute Gasteiger partial charge is 0.481 e. The number of rotatable bonds is 2. The van der Waals surface area contributed by atoms with Crippen LogP contribution in [0.2, 0.25) is 0 Å². The molecule has 80 valence electrons. The van der Waals surface area contributed by atoms with Crippen LogP contribution >= 0.6 is 0 Å². The third kappa shape index (κ3) is 3.17.